The lowest BCUT2D eigenvalue weighted by Crippen LogP contribution is -2.37. The maximum absolute atomic E-state index is 12.5. The second-order valence-electron chi connectivity index (χ2n) is 6.26. The number of sulfonamides is 1. The lowest BCUT2D eigenvalue weighted by atomic mass is 10.3. The van der Waals surface area contributed by atoms with Gasteiger partial charge in [0.05, 0.1) is 10.6 Å². The standard InChI is InChI=1S/C17H18N8O4S/c1-10-8-9-19-16(20-10)23-30(28,29)12-6-4-11(5-7-12)21-22-13-14(18)24(2)17(27)25(3)15(13)26/h4-9H,18H2,1-3H3,(H,19,20,23). The molecule has 156 valence electrons. The van der Waals surface area contributed by atoms with Gasteiger partial charge in [-0.15, -0.1) is 5.11 Å². The Morgan fingerprint density at radius 3 is 2.33 bits per heavy atom. The van der Waals surface area contributed by atoms with Crippen molar-refractivity contribution in [2.24, 2.45) is 24.3 Å². The summed E-state index contributed by atoms with van der Waals surface area (Å²) in [5.74, 6) is -0.173. The fourth-order valence-corrected chi connectivity index (χ4v) is 3.36. The Morgan fingerprint density at radius 1 is 1.03 bits per heavy atom. The van der Waals surface area contributed by atoms with Crippen LogP contribution < -0.4 is 21.7 Å². The molecule has 12 nitrogen and oxygen atoms in total. The first-order chi connectivity index (χ1) is 14.1. The maximum atomic E-state index is 12.5. The predicted molar refractivity (Wildman–Crippen MR) is 110 cm³/mol. The van der Waals surface area contributed by atoms with Crippen molar-refractivity contribution in [2.75, 3.05) is 10.5 Å². The smallest absolute Gasteiger partial charge is 0.332 e. The first-order valence-corrected chi connectivity index (χ1v) is 9.98. The zero-order valence-corrected chi connectivity index (χ0v) is 17.1. The maximum Gasteiger partial charge on any atom is 0.332 e. The van der Waals surface area contributed by atoms with Crippen LogP contribution in [0.4, 0.5) is 23.1 Å². The van der Waals surface area contributed by atoms with Gasteiger partial charge in [-0.3, -0.25) is 13.9 Å². The highest BCUT2D eigenvalue weighted by Gasteiger charge is 2.16. The van der Waals surface area contributed by atoms with E-state index in [0.29, 0.717) is 5.69 Å². The molecule has 0 aliphatic heterocycles. The second-order valence-corrected chi connectivity index (χ2v) is 7.94. The first-order valence-electron chi connectivity index (χ1n) is 8.50. The van der Waals surface area contributed by atoms with E-state index in [1.54, 1.807) is 13.0 Å². The largest absolute Gasteiger partial charge is 0.383 e. The minimum atomic E-state index is -3.90. The van der Waals surface area contributed by atoms with E-state index in [-0.39, 0.29) is 28.0 Å². The molecule has 0 aliphatic carbocycles. The number of aromatic nitrogens is 4. The van der Waals surface area contributed by atoms with Gasteiger partial charge in [-0.1, -0.05) is 0 Å². The van der Waals surface area contributed by atoms with Crippen LogP contribution in [0.5, 0.6) is 0 Å². The van der Waals surface area contributed by atoms with E-state index in [2.05, 4.69) is 24.9 Å². The van der Waals surface area contributed by atoms with E-state index in [1.165, 1.54) is 44.6 Å². The van der Waals surface area contributed by atoms with Crippen molar-refractivity contribution in [3.63, 3.8) is 0 Å². The number of anilines is 2. The van der Waals surface area contributed by atoms with Crippen LogP contribution in [0.25, 0.3) is 0 Å². The molecule has 30 heavy (non-hydrogen) atoms. The SMILES string of the molecule is Cc1ccnc(NS(=O)(=O)c2ccc(N=Nc3c(N)n(C)c(=O)n(C)c3=O)cc2)n1. The number of aryl methyl sites for hydroxylation is 1. The number of nitrogens with one attached hydrogen (secondary N) is 1. The van der Waals surface area contributed by atoms with Gasteiger partial charge in [0.1, 0.15) is 5.82 Å². The molecule has 0 aliphatic rings. The molecule has 3 rings (SSSR count). The lowest BCUT2D eigenvalue weighted by Gasteiger charge is -2.08. The van der Waals surface area contributed by atoms with Crippen LogP contribution in [-0.4, -0.2) is 27.5 Å². The van der Waals surface area contributed by atoms with Gasteiger partial charge in [-0.25, -0.2) is 27.9 Å². The minimum absolute atomic E-state index is 0.0379. The lowest BCUT2D eigenvalue weighted by molar-refractivity contribution is 0.601. The molecular weight excluding hydrogens is 412 g/mol. The molecular formula is C17H18N8O4S. The molecule has 13 heteroatoms. The quantitative estimate of drug-likeness (QED) is 0.569. The molecule has 1 aromatic carbocycles. The molecule has 0 saturated heterocycles. The Balaban J connectivity index is 1.86. The number of nitrogens with zero attached hydrogens (tertiary/aromatic N) is 6. The van der Waals surface area contributed by atoms with Crippen molar-refractivity contribution in [1.82, 2.24) is 19.1 Å². The summed E-state index contributed by atoms with van der Waals surface area (Å²) in [6.45, 7) is 1.71. The van der Waals surface area contributed by atoms with Crippen LogP contribution in [0, 0.1) is 6.92 Å². The minimum Gasteiger partial charge on any atom is -0.383 e. The van der Waals surface area contributed by atoms with Crippen LogP contribution >= 0.6 is 0 Å². The molecule has 3 N–H and O–H groups in total. The average Bonchev–Trinajstić information content (AvgIpc) is 2.71. The molecule has 0 atom stereocenters. The average molecular weight is 430 g/mol. The Hall–Kier alpha value is -3.87. The number of rotatable bonds is 5. The monoisotopic (exact) mass is 430 g/mol. The van der Waals surface area contributed by atoms with E-state index < -0.39 is 21.3 Å². The summed E-state index contributed by atoms with van der Waals surface area (Å²) < 4.78 is 29.1. The van der Waals surface area contributed by atoms with Crippen LogP contribution in [0.3, 0.4) is 0 Å². The Labute approximate surface area is 170 Å². The van der Waals surface area contributed by atoms with Gasteiger partial charge in [0, 0.05) is 26.0 Å². The van der Waals surface area contributed by atoms with Crippen LogP contribution in [-0.2, 0) is 24.1 Å². The summed E-state index contributed by atoms with van der Waals surface area (Å²) in [5, 5.41) is 7.73. The second kappa shape index (κ2) is 7.87. The van der Waals surface area contributed by atoms with Gasteiger partial charge in [0.2, 0.25) is 5.95 Å². The Morgan fingerprint density at radius 2 is 1.70 bits per heavy atom. The van der Waals surface area contributed by atoms with Crippen molar-refractivity contribution in [3.05, 3.63) is 63.1 Å². The van der Waals surface area contributed by atoms with Crippen molar-refractivity contribution < 1.29 is 8.42 Å². The fraction of sp³-hybridized carbons (Fsp3) is 0.176. The zero-order chi connectivity index (χ0) is 22.1. The fourth-order valence-electron chi connectivity index (χ4n) is 2.41. The molecule has 2 heterocycles. The summed E-state index contributed by atoms with van der Waals surface area (Å²) in [7, 11) is -1.20. The third-order valence-corrected chi connectivity index (χ3v) is 5.46. The van der Waals surface area contributed by atoms with Gasteiger partial charge in [0.25, 0.3) is 15.6 Å². The van der Waals surface area contributed by atoms with E-state index in [0.717, 1.165) is 9.13 Å². The third kappa shape index (κ3) is 4.10. The highest BCUT2D eigenvalue weighted by atomic mass is 32.2. The van der Waals surface area contributed by atoms with E-state index in [1.807, 2.05) is 0 Å². The van der Waals surface area contributed by atoms with Crippen molar-refractivity contribution in [3.8, 4) is 0 Å². The first kappa shape index (κ1) is 20.9. The topological polar surface area (TPSA) is 167 Å². The number of nitrogens with two attached hydrogens (primary N) is 1. The normalized spacial score (nSPS) is 11.7. The highest BCUT2D eigenvalue weighted by Crippen LogP contribution is 2.21. The molecule has 3 aromatic rings. The Bertz CT molecular complexity index is 1360. The summed E-state index contributed by atoms with van der Waals surface area (Å²) in [6.07, 6.45) is 1.44. The van der Waals surface area contributed by atoms with Crippen LogP contribution in [0.2, 0.25) is 0 Å². The van der Waals surface area contributed by atoms with Gasteiger partial charge in [-0.2, -0.15) is 5.11 Å². The molecule has 0 radical (unpaired) electrons. The number of hydrogen-bond acceptors (Lipinski definition) is 9. The van der Waals surface area contributed by atoms with Gasteiger partial charge < -0.3 is 5.73 Å². The third-order valence-electron chi connectivity index (χ3n) is 4.12. The van der Waals surface area contributed by atoms with Crippen molar-refractivity contribution in [2.45, 2.75) is 11.8 Å². The molecule has 0 spiro atoms. The van der Waals surface area contributed by atoms with E-state index >= 15 is 0 Å². The molecule has 0 saturated carbocycles. The number of azo groups is 1. The summed E-state index contributed by atoms with van der Waals surface area (Å²) in [4.78, 5) is 31.8. The van der Waals surface area contributed by atoms with Crippen LogP contribution in [0.1, 0.15) is 5.69 Å². The van der Waals surface area contributed by atoms with Gasteiger partial charge >= 0.3 is 5.69 Å². The highest BCUT2D eigenvalue weighted by molar-refractivity contribution is 7.92. The number of hydrogen-bond donors (Lipinski definition) is 2. The number of benzene rings is 1. The summed E-state index contributed by atoms with van der Waals surface area (Å²) in [5.41, 5.74) is 5.19. The summed E-state index contributed by atoms with van der Waals surface area (Å²) >= 11 is 0. The number of nitrogen functional groups attached to an aromatic ring is 1. The Kier molecular flexibility index (Phi) is 5.47. The van der Waals surface area contributed by atoms with Crippen LogP contribution in [0.15, 0.2) is 61.2 Å². The molecule has 2 aromatic heterocycles. The molecule has 0 bridgehead atoms. The zero-order valence-electron chi connectivity index (χ0n) is 16.3. The van der Waals surface area contributed by atoms with Gasteiger partial charge in [0.15, 0.2) is 5.69 Å². The van der Waals surface area contributed by atoms with Crippen molar-refractivity contribution in [1.29, 1.82) is 0 Å². The summed E-state index contributed by atoms with van der Waals surface area (Å²) in [6, 6.07) is 7.07. The van der Waals surface area contributed by atoms with E-state index in [9.17, 15) is 18.0 Å². The van der Waals surface area contributed by atoms with Crippen molar-refractivity contribution >= 4 is 33.2 Å². The van der Waals surface area contributed by atoms with E-state index in [4.69, 9.17) is 5.73 Å². The molecule has 0 fully saturated rings. The molecule has 0 amide bonds. The molecule has 0 unspecified atom stereocenters. The van der Waals surface area contributed by atoms with Gasteiger partial charge in [-0.05, 0) is 37.3 Å². The predicted octanol–water partition coefficient (Wildman–Crippen LogP) is 0.981.